The highest BCUT2D eigenvalue weighted by Crippen LogP contribution is 2.17. The molecule has 2 aromatic rings. The second-order valence-corrected chi connectivity index (χ2v) is 5.32. The zero-order valence-electron chi connectivity index (χ0n) is 10.5. The smallest absolute Gasteiger partial charge is 0.0305 e. The molecule has 1 heterocycles. The monoisotopic (exact) mass is 245 g/mol. The van der Waals surface area contributed by atoms with Gasteiger partial charge in [0.25, 0.3) is 0 Å². The van der Waals surface area contributed by atoms with Crippen LogP contribution in [0.1, 0.15) is 28.5 Å². The maximum absolute atomic E-state index is 3.52. The lowest BCUT2D eigenvalue weighted by Gasteiger charge is -2.06. The van der Waals surface area contributed by atoms with E-state index in [1.807, 2.05) is 11.3 Å². The Morgan fingerprint density at radius 1 is 1.18 bits per heavy atom. The minimum Gasteiger partial charge on any atom is -0.308 e. The molecule has 0 radical (unpaired) electrons. The summed E-state index contributed by atoms with van der Waals surface area (Å²) >= 11 is 1.85. The molecule has 0 fully saturated rings. The molecule has 0 amide bonds. The van der Waals surface area contributed by atoms with Crippen molar-refractivity contribution in [2.24, 2.45) is 0 Å². The standard InChI is InChI=1S/C15H19NS/c1-3-14-7-8-17-15(14)11-16-10-13-6-4-5-12(2)9-13/h4-9,16H,3,10-11H2,1-2H3. The second kappa shape index (κ2) is 5.99. The van der Waals surface area contributed by atoms with Gasteiger partial charge in [-0.15, -0.1) is 11.3 Å². The van der Waals surface area contributed by atoms with Crippen molar-refractivity contribution < 1.29 is 0 Å². The van der Waals surface area contributed by atoms with Crippen molar-refractivity contribution in [1.29, 1.82) is 0 Å². The summed E-state index contributed by atoms with van der Waals surface area (Å²) in [5, 5.41) is 5.70. The van der Waals surface area contributed by atoms with Gasteiger partial charge in [-0.3, -0.25) is 0 Å². The molecule has 0 saturated heterocycles. The Kier molecular flexibility index (Phi) is 4.35. The fourth-order valence-electron chi connectivity index (χ4n) is 1.98. The highest BCUT2D eigenvalue weighted by Gasteiger charge is 2.01. The third kappa shape index (κ3) is 3.42. The maximum Gasteiger partial charge on any atom is 0.0305 e. The fraction of sp³-hybridized carbons (Fsp3) is 0.333. The molecule has 0 aliphatic rings. The molecule has 0 saturated carbocycles. The maximum atomic E-state index is 3.52. The molecule has 1 aromatic heterocycles. The Balaban J connectivity index is 1.87. The van der Waals surface area contributed by atoms with Crippen LogP contribution < -0.4 is 5.32 Å². The Bertz CT molecular complexity index is 473. The molecule has 0 unspecified atom stereocenters. The second-order valence-electron chi connectivity index (χ2n) is 4.32. The van der Waals surface area contributed by atoms with Crippen LogP contribution in [-0.2, 0) is 19.5 Å². The molecule has 0 atom stereocenters. The van der Waals surface area contributed by atoms with Crippen molar-refractivity contribution in [3.8, 4) is 0 Å². The van der Waals surface area contributed by atoms with E-state index in [-0.39, 0.29) is 0 Å². The summed E-state index contributed by atoms with van der Waals surface area (Å²) in [5.41, 5.74) is 4.17. The molecule has 1 nitrogen and oxygen atoms in total. The number of hydrogen-bond donors (Lipinski definition) is 1. The predicted octanol–water partition coefficient (Wildman–Crippen LogP) is 3.91. The van der Waals surface area contributed by atoms with Gasteiger partial charge in [-0.2, -0.15) is 0 Å². The van der Waals surface area contributed by atoms with Crippen LogP contribution in [-0.4, -0.2) is 0 Å². The summed E-state index contributed by atoms with van der Waals surface area (Å²) in [6.07, 6.45) is 1.13. The lowest BCUT2D eigenvalue weighted by atomic mass is 10.1. The minimum absolute atomic E-state index is 0.947. The number of hydrogen-bond acceptors (Lipinski definition) is 2. The van der Waals surface area contributed by atoms with Crippen LogP contribution in [0.3, 0.4) is 0 Å². The third-order valence-corrected chi connectivity index (χ3v) is 3.88. The molecule has 1 aromatic carbocycles. The molecule has 0 bridgehead atoms. The van der Waals surface area contributed by atoms with Crippen LogP contribution in [0.25, 0.3) is 0 Å². The van der Waals surface area contributed by atoms with Crippen molar-refractivity contribution in [3.63, 3.8) is 0 Å². The van der Waals surface area contributed by atoms with Gasteiger partial charge in [-0.1, -0.05) is 36.8 Å². The average Bonchev–Trinajstić information content (AvgIpc) is 2.77. The van der Waals surface area contributed by atoms with Crippen LogP contribution in [0.15, 0.2) is 35.7 Å². The summed E-state index contributed by atoms with van der Waals surface area (Å²) < 4.78 is 0. The molecule has 2 rings (SSSR count). The van der Waals surface area contributed by atoms with Gasteiger partial charge in [0.2, 0.25) is 0 Å². The molecule has 0 aliphatic carbocycles. The minimum atomic E-state index is 0.947. The van der Waals surface area contributed by atoms with Gasteiger partial charge in [0.1, 0.15) is 0 Å². The first-order chi connectivity index (χ1) is 8.29. The molecule has 1 N–H and O–H groups in total. The van der Waals surface area contributed by atoms with Gasteiger partial charge in [0.15, 0.2) is 0 Å². The SMILES string of the molecule is CCc1ccsc1CNCc1cccc(C)c1. The average molecular weight is 245 g/mol. The summed E-state index contributed by atoms with van der Waals surface area (Å²) in [4.78, 5) is 1.47. The van der Waals surface area contributed by atoms with Crippen LogP contribution in [0.2, 0.25) is 0 Å². The summed E-state index contributed by atoms with van der Waals surface area (Å²) in [6, 6.07) is 10.9. The number of nitrogens with one attached hydrogen (secondary N) is 1. The van der Waals surface area contributed by atoms with Crippen molar-refractivity contribution in [3.05, 3.63) is 57.3 Å². The first kappa shape index (κ1) is 12.3. The van der Waals surface area contributed by atoms with E-state index >= 15 is 0 Å². The van der Waals surface area contributed by atoms with Gasteiger partial charge >= 0.3 is 0 Å². The predicted molar refractivity (Wildman–Crippen MR) is 75.4 cm³/mol. The molecule has 17 heavy (non-hydrogen) atoms. The van der Waals surface area contributed by atoms with Crippen molar-refractivity contribution in [2.45, 2.75) is 33.4 Å². The van der Waals surface area contributed by atoms with Gasteiger partial charge in [-0.25, -0.2) is 0 Å². The van der Waals surface area contributed by atoms with Crippen LogP contribution in [0.4, 0.5) is 0 Å². The van der Waals surface area contributed by atoms with Gasteiger partial charge < -0.3 is 5.32 Å². The van der Waals surface area contributed by atoms with E-state index in [0.29, 0.717) is 0 Å². The molecule has 0 spiro atoms. The Morgan fingerprint density at radius 2 is 2.06 bits per heavy atom. The van der Waals surface area contributed by atoms with Gasteiger partial charge in [0.05, 0.1) is 0 Å². The van der Waals surface area contributed by atoms with E-state index in [4.69, 9.17) is 0 Å². The first-order valence-corrected chi connectivity index (χ1v) is 6.99. The highest BCUT2D eigenvalue weighted by atomic mass is 32.1. The topological polar surface area (TPSA) is 12.0 Å². The lowest BCUT2D eigenvalue weighted by molar-refractivity contribution is 0.696. The quantitative estimate of drug-likeness (QED) is 0.842. The summed E-state index contributed by atoms with van der Waals surface area (Å²) in [7, 11) is 0. The molecule has 0 aliphatic heterocycles. The molecular weight excluding hydrogens is 226 g/mol. The van der Waals surface area contributed by atoms with E-state index in [0.717, 1.165) is 19.5 Å². The van der Waals surface area contributed by atoms with Crippen LogP contribution in [0, 0.1) is 6.92 Å². The summed E-state index contributed by atoms with van der Waals surface area (Å²) in [6.45, 7) is 6.28. The molecule has 90 valence electrons. The molecular formula is C15H19NS. The number of rotatable bonds is 5. The van der Waals surface area contributed by atoms with E-state index in [2.05, 4.69) is 54.9 Å². The zero-order valence-corrected chi connectivity index (χ0v) is 11.3. The Morgan fingerprint density at radius 3 is 2.82 bits per heavy atom. The van der Waals surface area contributed by atoms with Crippen LogP contribution >= 0.6 is 11.3 Å². The normalized spacial score (nSPS) is 10.7. The van der Waals surface area contributed by atoms with E-state index in [1.54, 1.807) is 0 Å². The number of benzene rings is 1. The van der Waals surface area contributed by atoms with Crippen molar-refractivity contribution in [2.75, 3.05) is 0 Å². The Labute approximate surface area is 108 Å². The summed E-state index contributed by atoms with van der Waals surface area (Å²) in [5.74, 6) is 0. The largest absolute Gasteiger partial charge is 0.308 e. The number of aryl methyl sites for hydroxylation is 2. The van der Waals surface area contributed by atoms with Crippen LogP contribution in [0.5, 0.6) is 0 Å². The lowest BCUT2D eigenvalue weighted by Crippen LogP contribution is -2.12. The number of thiophene rings is 1. The van der Waals surface area contributed by atoms with E-state index in [1.165, 1.54) is 21.6 Å². The van der Waals surface area contributed by atoms with Gasteiger partial charge in [-0.05, 0) is 35.9 Å². The third-order valence-electron chi connectivity index (χ3n) is 2.92. The van der Waals surface area contributed by atoms with Gasteiger partial charge in [0, 0.05) is 18.0 Å². The Hall–Kier alpha value is -1.12. The van der Waals surface area contributed by atoms with E-state index in [9.17, 15) is 0 Å². The van der Waals surface area contributed by atoms with Crippen molar-refractivity contribution in [1.82, 2.24) is 5.32 Å². The zero-order chi connectivity index (χ0) is 12.1. The van der Waals surface area contributed by atoms with Crippen molar-refractivity contribution >= 4 is 11.3 Å². The molecule has 2 heteroatoms. The van der Waals surface area contributed by atoms with E-state index < -0.39 is 0 Å². The highest BCUT2D eigenvalue weighted by molar-refractivity contribution is 7.10. The first-order valence-electron chi connectivity index (χ1n) is 6.11. The fourth-order valence-corrected chi connectivity index (χ4v) is 2.93.